The number of hydrogen-bond acceptors (Lipinski definition) is 4. The van der Waals surface area contributed by atoms with Crippen LogP contribution in [0.3, 0.4) is 0 Å². The van der Waals surface area contributed by atoms with Crippen molar-refractivity contribution in [3.05, 3.63) is 59.7 Å². The highest BCUT2D eigenvalue weighted by atomic mass is 16.5. The molecule has 130 valence electrons. The van der Waals surface area contributed by atoms with E-state index in [2.05, 4.69) is 11.9 Å². The SMILES string of the molecule is CN1CCCC1CCOC(=O)C1c2ccccc2Oc2ccccc21. The average molecular weight is 337 g/mol. The second-order valence-electron chi connectivity index (χ2n) is 6.84. The fraction of sp³-hybridized carbons (Fsp3) is 0.381. The summed E-state index contributed by atoms with van der Waals surface area (Å²) in [6.07, 6.45) is 3.32. The molecule has 4 rings (SSSR count). The van der Waals surface area contributed by atoms with Gasteiger partial charge in [-0.2, -0.15) is 0 Å². The monoisotopic (exact) mass is 337 g/mol. The van der Waals surface area contributed by atoms with Crippen molar-refractivity contribution in [2.24, 2.45) is 0 Å². The van der Waals surface area contributed by atoms with Gasteiger partial charge in [0.1, 0.15) is 17.4 Å². The number of likely N-dealkylation sites (tertiary alicyclic amines) is 1. The number of hydrogen-bond donors (Lipinski definition) is 0. The molecular formula is C21H23NO3. The molecule has 0 radical (unpaired) electrons. The summed E-state index contributed by atoms with van der Waals surface area (Å²) in [5, 5.41) is 0. The molecule has 25 heavy (non-hydrogen) atoms. The van der Waals surface area contributed by atoms with Crippen molar-refractivity contribution < 1.29 is 14.3 Å². The van der Waals surface area contributed by atoms with Gasteiger partial charge in [0.05, 0.1) is 6.61 Å². The molecule has 0 spiro atoms. The lowest BCUT2D eigenvalue weighted by Crippen LogP contribution is -2.27. The number of fused-ring (bicyclic) bond motifs is 2. The predicted octanol–water partition coefficient (Wildman–Crippen LogP) is 3.95. The first-order chi connectivity index (χ1) is 12.2. The van der Waals surface area contributed by atoms with Gasteiger partial charge in [-0.25, -0.2) is 0 Å². The van der Waals surface area contributed by atoms with Crippen LogP contribution in [0.5, 0.6) is 11.5 Å². The number of rotatable bonds is 4. The van der Waals surface area contributed by atoms with Gasteiger partial charge < -0.3 is 14.4 Å². The molecule has 0 saturated carbocycles. The minimum Gasteiger partial charge on any atom is -0.465 e. The largest absolute Gasteiger partial charge is 0.465 e. The lowest BCUT2D eigenvalue weighted by atomic mass is 9.88. The van der Waals surface area contributed by atoms with Crippen LogP contribution in [-0.2, 0) is 9.53 Å². The minimum atomic E-state index is -0.414. The van der Waals surface area contributed by atoms with Crippen LogP contribution >= 0.6 is 0 Å². The Balaban J connectivity index is 1.52. The van der Waals surface area contributed by atoms with Crippen molar-refractivity contribution in [1.82, 2.24) is 4.90 Å². The molecule has 2 aromatic rings. The number of benzene rings is 2. The van der Waals surface area contributed by atoms with Gasteiger partial charge in [0.15, 0.2) is 0 Å². The highest BCUT2D eigenvalue weighted by molar-refractivity contribution is 5.85. The summed E-state index contributed by atoms with van der Waals surface area (Å²) in [6, 6.07) is 15.9. The van der Waals surface area contributed by atoms with E-state index < -0.39 is 5.92 Å². The first-order valence-electron chi connectivity index (χ1n) is 8.96. The molecule has 0 bridgehead atoms. The van der Waals surface area contributed by atoms with Gasteiger partial charge in [0.2, 0.25) is 0 Å². The molecule has 4 nitrogen and oxygen atoms in total. The molecule has 1 unspecified atom stereocenters. The Bertz CT molecular complexity index is 728. The zero-order chi connectivity index (χ0) is 17.2. The molecular weight excluding hydrogens is 314 g/mol. The van der Waals surface area contributed by atoms with E-state index in [-0.39, 0.29) is 5.97 Å². The summed E-state index contributed by atoms with van der Waals surface area (Å²) in [5.74, 6) is 0.865. The first kappa shape index (κ1) is 16.2. The first-order valence-corrected chi connectivity index (χ1v) is 8.96. The number of nitrogens with zero attached hydrogens (tertiary/aromatic N) is 1. The molecule has 0 N–H and O–H groups in total. The molecule has 0 amide bonds. The summed E-state index contributed by atoms with van der Waals surface area (Å²) < 4.78 is 11.6. The lowest BCUT2D eigenvalue weighted by molar-refractivity contribution is -0.144. The zero-order valence-electron chi connectivity index (χ0n) is 14.5. The van der Waals surface area contributed by atoms with Crippen LogP contribution in [0.1, 0.15) is 36.3 Å². The van der Waals surface area contributed by atoms with Gasteiger partial charge in [-0.3, -0.25) is 4.79 Å². The van der Waals surface area contributed by atoms with Gasteiger partial charge in [-0.05, 0) is 45.0 Å². The summed E-state index contributed by atoms with van der Waals surface area (Å²) in [5.41, 5.74) is 1.76. The van der Waals surface area contributed by atoms with E-state index in [1.54, 1.807) is 0 Å². The standard InChI is InChI=1S/C21H23NO3/c1-22-13-6-7-15(22)12-14-24-21(23)20-16-8-2-4-10-18(16)25-19-11-5-3-9-17(19)20/h2-5,8-11,15,20H,6-7,12-14H2,1H3. The molecule has 2 aliphatic rings. The minimum absolute atomic E-state index is 0.191. The maximum atomic E-state index is 12.9. The average Bonchev–Trinajstić information content (AvgIpc) is 3.04. The number of esters is 1. The Morgan fingerprint density at radius 3 is 2.36 bits per heavy atom. The van der Waals surface area contributed by atoms with Crippen LogP contribution in [0.25, 0.3) is 0 Å². The van der Waals surface area contributed by atoms with Gasteiger partial charge >= 0.3 is 5.97 Å². The van der Waals surface area contributed by atoms with Crippen molar-refractivity contribution in [1.29, 1.82) is 0 Å². The van der Waals surface area contributed by atoms with Crippen molar-refractivity contribution in [3.8, 4) is 11.5 Å². The summed E-state index contributed by atoms with van der Waals surface area (Å²) in [4.78, 5) is 15.2. The third-order valence-electron chi connectivity index (χ3n) is 5.28. The van der Waals surface area contributed by atoms with Gasteiger partial charge in [-0.15, -0.1) is 0 Å². The van der Waals surface area contributed by atoms with Crippen molar-refractivity contribution in [2.75, 3.05) is 20.2 Å². The predicted molar refractivity (Wildman–Crippen MR) is 96.0 cm³/mol. The van der Waals surface area contributed by atoms with Crippen molar-refractivity contribution in [2.45, 2.75) is 31.2 Å². The van der Waals surface area contributed by atoms with Gasteiger partial charge in [-0.1, -0.05) is 36.4 Å². The van der Waals surface area contributed by atoms with Crippen LogP contribution in [0.2, 0.25) is 0 Å². The fourth-order valence-corrected chi connectivity index (χ4v) is 3.89. The second kappa shape index (κ2) is 6.89. The van der Waals surface area contributed by atoms with Crippen LogP contribution in [-0.4, -0.2) is 37.1 Å². The molecule has 1 atom stereocenters. The molecule has 1 saturated heterocycles. The smallest absolute Gasteiger partial charge is 0.318 e. The zero-order valence-corrected chi connectivity index (χ0v) is 14.5. The van der Waals surface area contributed by atoms with E-state index in [4.69, 9.17) is 9.47 Å². The third kappa shape index (κ3) is 3.14. The van der Waals surface area contributed by atoms with Gasteiger partial charge in [0.25, 0.3) is 0 Å². The molecule has 2 aromatic carbocycles. The Hall–Kier alpha value is -2.33. The summed E-state index contributed by atoms with van der Waals surface area (Å²) in [7, 11) is 2.14. The molecule has 0 aromatic heterocycles. The molecule has 2 aliphatic heterocycles. The molecule has 4 heteroatoms. The van der Waals surface area contributed by atoms with Crippen LogP contribution in [0.4, 0.5) is 0 Å². The topological polar surface area (TPSA) is 38.8 Å². The number of ether oxygens (including phenoxy) is 2. The Morgan fingerprint density at radius 1 is 1.12 bits per heavy atom. The van der Waals surface area contributed by atoms with Crippen LogP contribution in [0.15, 0.2) is 48.5 Å². The highest BCUT2D eigenvalue weighted by Crippen LogP contribution is 2.44. The maximum absolute atomic E-state index is 12.9. The van der Waals surface area contributed by atoms with Gasteiger partial charge in [0, 0.05) is 17.2 Å². The maximum Gasteiger partial charge on any atom is 0.318 e. The normalized spacial score (nSPS) is 19.8. The Kier molecular flexibility index (Phi) is 4.45. The molecule has 1 fully saturated rings. The number of carbonyl (C=O) groups is 1. The van der Waals surface area contributed by atoms with Crippen LogP contribution in [0, 0.1) is 0 Å². The van der Waals surface area contributed by atoms with E-state index in [0.717, 1.165) is 35.6 Å². The second-order valence-corrected chi connectivity index (χ2v) is 6.84. The Morgan fingerprint density at radius 2 is 1.76 bits per heavy atom. The highest BCUT2D eigenvalue weighted by Gasteiger charge is 2.33. The Labute approximate surface area is 148 Å². The summed E-state index contributed by atoms with van der Waals surface area (Å²) in [6.45, 7) is 1.61. The van der Waals surface area contributed by atoms with E-state index in [1.807, 2.05) is 48.5 Å². The fourth-order valence-electron chi connectivity index (χ4n) is 3.89. The van der Waals surface area contributed by atoms with E-state index >= 15 is 0 Å². The van der Waals surface area contributed by atoms with E-state index in [9.17, 15) is 4.79 Å². The number of para-hydroxylation sites is 2. The molecule has 0 aliphatic carbocycles. The van der Waals surface area contributed by atoms with Crippen molar-refractivity contribution >= 4 is 5.97 Å². The summed E-state index contributed by atoms with van der Waals surface area (Å²) >= 11 is 0. The lowest BCUT2D eigenvalue weighted by Gasteiger charge is -2.27. The van der Waals surface area contributed by atoms with Crippen molar-refractivity contribution in [3.63, 3.8) is 0 Å². The molecule has 2 heterocycles. The van der Waals surface area contributed by atoms with Crippen LogP contribution < -0.4 is 4.74 Å². The third-order valence-corrected chi connectivity index (χ3v) is 5.28. The van der Waals surface area contributed by atoms with E-state index in [1.165, 1.54) is 12.8 Å². The quantitative estimate of drug-likeness (QED) is 0.792. The van der Waals surface area contributed by atoms with E-state index in [0.29, 0.717) is 12.6 Å². The number of carbonyl (C=O) groups excluding carboxylic acids is 1.